The number of methoxy groups -OCH3 is 1. The molecule has 1 aliphatic rings. The number of amides is 1. The standard InChI is InChI=1S/C17H23F3N2O2/c1-16(2)11-21(8-9-22(16)12-17(18,19)20)15(23)14-6-4-13(5-7-14)10-24-3/h4-7H,8-12H2,1-3H3. The molecule has 1 fully saturated rings. The van der Waals surface area contributed by atoms with Crippen LogP contribution in [0, 0.1) is 0 Å². The van der Waals surface area contributed by atoms with Crippen molar-refractivity contribution in [3.63, 3.8) is 0 Å². The predicted octanol–water partition coefficient (Wildman–Crippen LogP) is 2.93. The van der Waals surface area contributed by atoms with E-state index in [2.05, 4.69) is 0 Å². The highest BCUT2D eigenvalue weighted by molar-refractivity contribution is 5.94. The van der Waals surface area contributed by atoms with Crippen molar-refractivity contribution in [1.82, 2.24) is 9.80 Å². The lowest BCUT2D eigenvalue weighted by atomic mass is 9.98. The molecule has 4 nitrogen and oxygen atoms in total. The van der Waals surface area contributed by atoms with Crippen molar-refractivity contribution in [1.29, 1.82) is 0 Å². The Bertz CT molecular complexity index is 570. The molecule has 0 N–H and O–H groups in total. The summed E-state index contributed by atoms with van der Waals surface area (Å²) >= 11 is 0. The minimum absolute atomic E-state index is 0.154. The Morgan fingerprint density at radius 1 is 1.21 bits per heavy atom. The lowest BCUT2D eigenvalue weighted by Gasteiger charge is -2.47. The lowest BCUT2D eigenvalue weighted by molar-refractivity contribution is -0.163. The summed E-state index contributed by atoms with van der Waals surface area (Å²) in [5.74, 6) is -0.154. The minimum Gasteiger partial charge on any atom is -0.380 e. The summed E-state index contributed by atoms with van der Waals surface area (Å²) in [6.07, 6.45) is -4.24. The maximum absolute atomic E-state index is 12.7. The molecule has 1 aromatic rings. The molecule has 0 spiro atoms. The molecule has 0 saturated carbocycles. The van der Waals surface area contributed by atoms with Gasteiger partial charge in [-0.1, -0.05) is 12.1 Å². The van der Waals surface area contributed by atoms with Gasteiger partial charge in [0, 0.05) is 37.8 Å². The smallest absolute Gasteiger partial charge is 0.380 e. The maximum atomic E-state index is 12.7. The van der Waals surface area contributed by atoms with Gasteiger partial charge in [-0.2, -0.15) is 13.2 Å². The van der Waals surface area contributed by atoms with Crippen LogP contribution in [-0.2, 0) is 11.3 Å². The van der Waals surface area contributed by atoms with Crippen LogP contribution in [0.3, 0.4) is 0 Å². The van der Waals surface area contributed by atoms with Gasteiger partial charge < -0.3 is 9.64 Å². The van der Waals surface area contributed by atoms with Crippen LogP contribution in [0.25, 0.3) is 0 Å². The van der Waals surface area contributed by atoms with Crippen molar-refractivity contribution in [2.75, 3.05) is 33.3 Å². The number of carbonyl (C=O) groups is 1. The molecule has 0 bridgehead atoms. The second-order valence-corrected chi connectivity index (χ2v) is 6.71. The summed E-state index contributed by atoms with van der Waals surface area (Å²) in [5.41, 5.74) is 0.777. The molecular weight excluding hydrogens is 321 g/mol. The van der Waals surface area contributed by atoms with Crippen molar-refractivity contribution < 1.29 is 22.7 Å². The molecular formula is C17H23F3N2O2. The zero-order chi connectivity index (χ0) is 18.0. The normalized spacial score (nSPS) is 18.7. The third kappa shape index (κ3) is 4.70. The van der Waals surface area contributed by atoms with E-state index in [0.717, 1.165) is 5.56 Å². The fraction of sp³-hybridized carbons (Fsp3) is 0.588. The Hall–Kier alpha value is -1.60. The number of piperazine rings is 1. The van der Waals surface area contributed by atoms with Gasteiger partial charge in [0.05, 0.1) is 13.2 Å². The van der Waals surface area contributed by atoms with E-state index in [1.165, 1.54) is 4.90 Å². The summed E-state index contributed by atoms with van der Waals surface area (Å²) in [4.78, 5) is 15.6. The van der Waals surface area contributed by atoms with E-state index in [0.29, 0.717) is 12.2 Å². The highest BCUT2D eigenvalue weighted by atomic mass is 19.4. The van der Waals surface area contributed by atoms with E-state index in [-0.39, 0.29) is 25.5 Å². The first-order valence-corrected chi connectivity index (χ1v) is 7.81. The Morgan fingerprint density at radius 3 is 2.33 bits per heavy atom. The summed E-state index contributed by atoms with van der Waals surface area (Å²) in [6.45, 7) is 3.75. The second kappa shape index (κ2) is 7.11. The molecule has 2 rings (SSSR count). The molecule has 0 atom stereocenters. The van der Waals surface area contributed by atoms with Crippen LogP contribution in [-0.4, -0.2) is 60.7 Å². The van der Waals surface area contributed by atoms with Crippen LogP contribution in [0.2, 0.25) is 0 Å². The molecule has 1 heterocycles. The van der Waals surface area contributed by atoms with Crippen LogP contribution in [0.4, 0.5) is 13.2 Å². The topological polar surface area (TPSA) is 32.8 Å². The molecule has 7 heteroatoms. The maximum Gasteiger partial charge on any atom is 0.401 e. The molecule has 1 aromatic carbocycles. The third-order valence-corrected chi connectivity index (χ3v) is 4.24. The fourth-order valence-corrected chi connectivity index (χ4v) is 2.97. The average molecular weight is 344 g/mol. The van der Waals surface area contributed by atoms with Gasteiger partial charge in [0.1, 0.15) is 0 Å². The monoisotopic (exact) mass is 344 g/mol. The Labute approximate surface area is 140 Å². The summed E-state index contributed by atoms with van der Waals surface area (Å²) in [5, 5.41) is 0. The number of alkyl halides is 3. The first-order valence-electron chi connectivity index (χ1n) is 7.81. The van der Waals surface area contributed by atoms with E-state index in [4.69, 9.17) is 4.74 Å². The molecule has 1 aliphatic heterocycles. The number of hydrogen-bond acceptors (Lipinski definition) is 3. The highest BCUT2D eigenvalue weighted by Gasteiger charge is 2.41. The van der Waals surface area contributed by atoms with Gasteiger partial charge in [-0.05, 0) is 31.5 Å². The molecule has 1 amide bonds. The van der Waals surface area contributed by atoms with Gasteiger partial charge >= 0.3 is 6.18 Å². The molecule has 24 heavy (non-hydrogen) atoms. The first-order chi connectivity index (χ1) is 11.1. The van der Waals surface area contributed by atoms with Crippen LogP contribution >= 0.6 is 0 Å². The summed E-state index contributed by atoms with van der Waals surface area (Å²) in [7, 11) is 1.60. The Kier molecular flexibility index (Phi) is 5.55. The van der Waals surface area contributed by atoms with Gasteiger partial charge in [-0.3, -0.25) is 9.69 Å². The van der Waals surface area contributed by atoms with Gasteiger partial charge in [-0.15, -0.1) is 0 Å². The minimum atomic E-state index is -4.24. The van der Waals surface area contributed by atoms with Crippen LogP contribution in [0.5, 0.6) is 0 Å². The summed E-state index contributed by atoms with van der Waals surface area (Å²) < 4.78 is 43.0. The van der Waals surface area contributed by atoms with Gasteiger partial charge in [0.15, 0.2) is 0 Å². The zero-order valence-electron chi connectivity index (χ0n) is 14.2. The van der Waals surface area contributed by atoms with E-state index in [1.807, 2.05) is 12.1 Å². The molecule has 134 valence electrons. The molecule has 0 aliphatic carbocycles. The second-order valence-electron chi connectivity index (χ2n) is 6.71. The van der Waals surface area contributed by atoms with E-state index >= 15 is 0 Å². The Balaban J connectivity index is 2.04. The summed E-state index contributed by atoms with van der Waals surface area (Å²) in [6, 6.07) is 7.10. The highest BCUT2D eigenvalue weighted by Crippen LogP contribution is 2.27. The van der Waals surface area contributed by atoms with E-state index < -0.39 is 18.3 Å². The largest absolute Gasteiger partial charge is 0.401 e. The number of rotatable bonds is 4. The van der Waals surface area contributed by atoms with Gasteiger partial charge in [-0.25, -0.2) is 0 Å². The number of benzene rings is 1. The van der Waals surface area contributed by atoms with Crippen molar-refractivity contribution in [3.05, 3.63) is 35.4 Å². The molecule has 0 radical (unpaired) electrons. The number of hydrogen-bond donors (Lipinski definition) is 0. The number of carbonyl (C=O) groups excluding carboxylic acids is 1. The first kappa shape index (κ1) is 18.7. The van der Waals surface area contributed by atoms with E-state index in [9.17, 15) is 18.0 Å². The third-order valence-electron chi connectivity index (χ3n) is 4.24. The average Bonchev–Trinajstić information content (AvgIpc) is 2.48. The Morgan fingerprint density at radius 2 is 1.83 bits per heavy atom. The van der Waals surface area contributed by atoms with Gasteiger partial charge in [0.2, 0.25) is 0 Å². The van der Waals surface area contributed by atoms with Crippen molar-refractivity contribution in [3.8, 4) is 0 Å². The number of ether oxygens (including phenoxy) is 1. The van der Waals surface area contributed by atoms with Crippen molar-refractivity contribution in [2.45, 2.75) is 32.2 Å². The van der Waals surface area contributed by atoms with Crippen molar-refractivity contribution >= 4 is 5.91 Å². The quantitative estimate of drug-likeness (QED) is 0.842. The predicted molar refractivity (Wildman–Crippen MR) is 84.8 cm³/mol. The van der Waals surface area contributed by atoms with Crippen LogP contribution in [0.15, 0.2) is 24.3 Å². The molecule has 1 saturated heterocycles. The lowest BCUT2D eigenvalue weighted by Crippen LogP contribution is -2.62. The van der Waals surface area contributed by atoms with Crippen molar-refractivity contribution in [2.24, 2.45) is 0 Å². The van der Waals surface area contributed by atoms with E-state index in [1.54, 1.807) is 38.0 Å². The number of halogens is 3. The SMILES string of the molecule is COCc1ccc(C(=O)N2CCN(CC(F)(F)F)C(C)(C)C2)cc1. The zero-order valence-corrected chi connectivity index (χ0v) is 14.2. The fourth-order valence-electron chi connectivity index (χ4n) is 2.97. The van der Waals surface area contributed by atoms with Gasteiger partial charge in [0.25, 0.3) is 5.91 Å². The number of nitrogens with zero attached hydrogens (tertiary/aromatic N) is 2. The molecule has 0 unspecified atom stereocenters. The molecule has 0 aromatic heterocycles. The van der Waals surface area contributed by atoms with Crippen LogP contribution < -0.4 is 0 Å². The van der Waals surface area contributed by atoms with Crippen LogP contribution in [0.1, 0.15) is 29.8 Å².